The smallest absolute Gasteiger partial charge is 0.347 e. The molecule has 0 saturated heterocycles. The van der Waals surface area contributed by atoms with Gasteiger partial charge in [0.15, 0.2) is 6.10 Å². The first-order valence-corrected chi connectivity index (χ1v) is 6.91. The number of carboxylic acid groups (broad SMARTS) is 1. The molecule has 0 fully saturated rings. The summed E-state index contributed by atoms with van der Waals surface area (Å²) in [6, 6.07) is 6.90. The Morgan fingerprint density at radius 2 is 2.10 bits per heavy atom. The van der Waals surface area contributed by atoms with Crippen LogP contribution in [0.1, 0.15) is 32.3 Å². The highest BCUT2D eigenvalue weighted by molar-refractivity contribution is 5.85. The zero-order valence-corrected chi connectivity index (χ0v) is 12.2. The Kier molecular flexibility index (Phi) is 7.01. The van der Waals surface area contributed by atoms with Crippen LogP contribution in [0.5, 0.6) is 5.75 Å². The van der Waals surface area contributed by atoms with Crippen LogP contribution in [0.3, 0.4) is 0 Å². The normalized spacial score (nSPS) is 12.1. The molecule has 5 nitrogen and oxygen atoms in total. The molecule has 0 bridgehead atoms. The van der Waals surface area contributed by atoms with E-state index < -0.39 is 12.1 Å². The molecular formula is C16H20O5. The first-order chi connectivity index (χ1) is 10.1. The molecule has 1 N–H and O–H groups in total. The maximum atomic E-state index is 11.8. The Bertz CT molecular complexity index is 507. The summed E-state index contributed by atoms with van der Waals surface area (Å²) in [6.07, 6.45) is 3.23. The highest BCUT2D eigenvalue weighted by Gasteiger charge is 2.20. The molecule has 5 heteroatoms. The van der Waals surface area contributed by atoms with E-state index in [9.17, 15) is 9.59 Å². The molecule has 1 aromatic carbocycles. The fourth-order valence-electron chi connectivity index (χ4n) is 1.75. The maximum absolute atomic E-state index is 11.8. The van der Waals surface area contributed by atoms with E-state index in [0.29, 0.717) is 24.3 Å². The summed E-state index contributed by atoms with van der Waals surface area (Å²) in [5.74, 6) is -0.892. The first kappa shape index (κ1) is 16.8. The standard InChI is InChI=1S/C16H20O5/c1-3-6-14(16(19)20-4-2)21-13-8-5-7-12(11-13)9-10-15(17)18/h5,7-11,14H,3-4,6H2,1-2H3,(H,17,18)/b10-9+. The van der Waals surface area contributed by atoms with Crippen LogP contribution in [0, 0.1) is 0 Å². The van der Waals surface area contributed by atoms with E-state index in [-0.39, 0.29) is 5.97 Å². The van der Waals surface area contributed by atoms with E-state index in [1.54, 1.807) is 31.2 Å². The Hall–Kier alpha value is -2.30. The van der Waals surface area contributed by atoms with Crippen molar-refractivity contribution in [2.24, 2.45) is 0 Å². The van der Waals surface area contributed by atoms with Gasteiger partial charge in [-0.1, -0.05) is 25.5 Å². The summed E-state index contributed by atoms with van der Waals surface area (Å²) >= 11 is 0. The Morgan fingerprint density at radius 3 is 2.71 bits per heavy atom. The van der Waals surface area contributed by atoms with Crippen LogP contribution < -0.4 is 4.74 Å². The molecular weight excluding hydrogens is 272 g/mol. The number of rotatable bonds is 8. The molecule has 1 aromatic rings. The van der Waals surface area contributed by atoms with Gasteiger partial charge in [0, 0.05) is 6.08 Å². The van der Waals surface area contributed by atoms with Crippen LogP contribution in [0.4, 0.5) is 0 Å². The van der Waals surface area contributed by atoms with Crippen LogP contribution in [-0.4, -0.2) is 29.8 Å². The molecule has 0 aliphatic rings. The van der Waals surface area contributed by atoms with Crippen molar-refractivity contribution in [2.75, 3.05) is 6.61 Å². The molecule has 0 aromatic heterocycles. The second kappa shape index (κ2) is 8.79. The second-order valence-electron chi connectivity index (χ2n) is 4.39. The summed E-state index contributed by atoms with van der Waals surface area (Å²) in [5.41, 5.74) is 0.689. The fourth-order valence-corrected chi connectivity index (χ4v) is 1.75. The Labute approximate surface area is 124 Å². The van der Waals surface area contributed by atoms with Crippen LogP contribution in [0.25, 0.3) is 6.08 Å². The van der Waals surface area contributed by atoms with Gasteiger partial charge in [-0.3, -0.25) is 0 Å². The van der Waals surface area contributed by atoms with Crippen molar-refractivity contribution in [1.29, 1.82) is 0 Å². The Morgan fingerprint density at radius 1 is 1.33 bits per heavy atom. The SMILES string of the molecule is CCCC(Oc1cccc(/C=C/C(=O)O)c1)C(=O)OCC. The predicted octanol–water partition coefficient (Wildman–Crippen LogP) is 2.90. The third kappa shape index (κ3) is 6.12. The lowest BCUT2D eigenvalue weighted by atomic mass is 10.2. The molecule has 0 aliphatic heterocycles. The van der Waals surface area contributed by atoms with Crippen molar-refractivity contribution in [2.45, 2.75) is 32.8 Å². The van der Waals surface area contributed by atoms with Crippen molar-refractivity contribution in [3.63, 3.8) is 0 Å². The number of hydrogen-bond donors (Lipinski definition) is 1. The highest BCUT2D eigenvalue weighted by Crippen LogP contribution is 2.18. The summed E-state index contributed by atoms with van der Waals surface area (Å²) in [6.45, 7) is 4.02. The van der Waals surface area contributed by atoms with Crippen molar-refractivity contribution in [3.8, 4) is 5.75 Å². The third-order valence-corrected chi connectivity index (χ3v) is 2.66. The van der Waals surface area contributed by atoms with Crippen molar-refractivity contribution >= 4 is 18.0 Å². The minimum atomic E-state index is -1.02. The fraction of sp³-hybridized carbons (Fsp3) is 0.375. The molecule has 0 aliphatic carbocycles. The summed E-state index contributed by atoms with van der Waals surface area (Å²) in [7, 11) is 0. The number of carbonyl (C=O) groups is 2. The topological polar surface area (TPSA) is 72.8 Å². The van der Waals surface area contributed by atoms with Gasteiger partial charge in [0.25, 0.3) is 0 Å². The molecule has 1 unspecified atom stereocenters. The zero-order chi connectivity index (χ0) is 15.7. The second-order valence-corrected chi connectivity index (χ2v) is 4.39. The van der Waals surface area contributed by atoms with Crippen molar-refractivity contribution in [1.82, 2.24) is 0 Å². The lowest BCUT2D eigenvalue weighted by molar-refractivity contribution is -0.151. The molecule has 0 heterocycles. The summed E-state index contributed by atoms with van der Waals surface area (Å²) in [4.78, 5) is 22.3. The first-order valence-electron chi connectivity index (χ1n) is 6.91. The van der Waals surface area contributed by atoms with Gasteiger partial charge in [-0.05, 0) is 37.1 Å². The molecule has 1 rings (SSSR count). The predicted molar refractivity (Wildman–Crippen MR) is 79.1 cm³/mol. The third-order valence-electron chi connectivity index (χ3n) is 2.66. The van der Waals surface area contributed by atoms with E-state index in [2.05, 4.69) is 0 Å². The number of carboxylic acids is 1. The van der Waals surface area contributed by atoms with Gasteiger partial charge < -0.3 is 14.6 Å². The van der Waals surface area contributed by atoms with Gasteiger partial charge in [-0.25, -0.2) is 9.59 Å². The zero-order valence-electron chi connectivity index (χ0n) is 12.2. The van der Waals surface area contributed by atoms with Gasteiger partial charge in [0.2, 0.25) is 0 Å². The van der Waals surface area contributed by atoms with Gasteiger partial charge in [0.1, 0.15) is 5.75 Å². The largest absolute Gasteiger partial charge is 0.479 e. The average molecular weight is 292 g/mol. The monoisotopic (exact) mass is 292 g/mol. The van der Waals surface area contributed by atoms with Crippen LogP contribution in [0.15, 0.2) is 30.3 Å². The van der Waals surface area contributed by atoms with Crippen LogP contribution in [0.2, 0.25) is 0 Å². The molecule has 114 valence electrons. The minimum Gasteiger partial charge on any atom is -0.479 e. The number of aliphatic carboxylic acids is 1. The van der Waals surface area contributed by atoms with E-state index in [0.717, 1.165) is 12.5 Å². The molecule has 0 spiro atoms. The number of benzene rings is 1. The minimum absolute atomic E-state index is 0.309. The average Bonchev–Trinajstić information content (AvgIpc) is 2.45. The molecule has 21 heavy (non-hydrogen) atoms. The highest BCUT2D eigenvalue weighted by atomic mass is 16.6. The Balaban J connectivity index is 2.81. The number of hydrogen-bond acceptors (Lipinski definition) is 4. The lowest BCUT2D eigenvalue weighted by Gasteiger charge is -2.17. The van der Waals surface area contributed by atoms with Crippen molar-refractivity contribution < 1.29 is 24.2 Å². The summed E-state index contributed by atoms with van der Waals surface area (Å²) in [5, 5.41) is 8.61. The molecule has 0 radical (unpaired) electrons. The number of carbonyl (C=O) groups excluding carboxylic acids is 1. The van der Waals surface area contributed by atoms with Gasteiger partial charge in [-0.2, -0.15) is 0 Å². The van der Waals surface area contributed by atoms with Crippen molar-refractivity contribution in [3.05, 3.63) is 35.9 Å². The number of esters is 1. The van der Waals surface area contributed by atoms with E-state index in [1.807, 2.05) is 6.92 Å². The van der Waals surface area contributed by atoms with E-state index in [1.165, 1.54) is 6.08 Å². The maximum Gasteiger partial charge on any atom is 0.347 e. The molecule has 1 atom stereocenters. The van der Waals surface area contributed by atoms with E-state index >= 15 is 0 Å². The van der Waals surface area contributed by atoms with Crippen LogP contribution >= 0.6 is 0 Å². The molecule has 0 amide bonds. The van der Waals surface area contributed by atoms with Gasteiger partial charge >= 0.3 is 11.9 Å². The quantitative estimate of drug-likeness (QED) is 0.589. The van der Waals surface area contributed by atoms with E-state index in [4.69, 9.17) is 14.6 Å². The number of ether oxygens (including phenoxy) is 2. The van der Waals surface area contributed by atoms with Gasteiger partial charge in [-0.15, -0.1) is 0 Å². The molecule has 0 saturated carbocycles. The summed E-state index contributed by atoms with van der Waals surface area (Å²) < 4.78 is 10.6. The lowest BCUT2D eigenvalue weighted by Crippen LogP contribution is -2.29. The van der Waals surface area contributed by atoms with Crippen LogP contribution in [-0.2, 0) is 14.3 Å². The van der Waals surface area contributed by atoms with Gasteiger partial charge in [0.05, 0.1) is 6.61 Å².